The Kier molecular flexibility index (Phi) is 6.89. The number of pyridine rings is 1. The molecule has 0 aliphatic carbocycles. The number of rotatable bonds is 3. The topological polar surface area (TPSA) is 53.4 Å². The maximum absolute atomic E-state index is 12.6. The summed E-state index contributed by atoms with van der Waals surface area (Å²) in [6.45, 7) is 2.33. The molecule has 10 heteroatoms. The van der Waals surface area contributed by atoms with Crippen molar-refractivity contribution in [1.29, 1.82) is 0 Å². The molecule has 1 heterocycles. The van der Waals surface area contributed by atoms with E-state index in [4.69, 9.17) is 0 Å². The number of aromatic nitrogens is 1. The van der Waals surface area contributed by atoms with E-state index >= 15 is 0 Å². The summed E-state index contributed by atoms with van der Waals surface area (Å²) in [5, 5.41) is 19.0. The van der Waals surface area contributed by atoms with Gasteiger partial charge < -0.3 is 10.2 Å². The molecule has 0 radical (unpaired) electrons. The van der Waals surface area contributed by atoms with E-state index in [9.17, 15) is 36.6 Å². The third-order valence-corrected chi connectivity index (χ3v) is 2.85. The minimum absolute atomic E-state index is 0. The van der Waals surface area contributed by atoms with E-state index in [1.807, 2.05) is 0 Å². The van der Waals surface area contributed by atoms with Crippen LogP contribution in [0.3, 0.4) is 0 Å². The Labute approximate surface area is 132 Å². The summed E-state index contributed by atoms with van der Waals surface area (Å²) in [7, 11) is 0. The van der Waals surface area contributed by atoms with Crippen LogP contribution in [0.15, 0.2) is 12.1 Å². The van der Waals surface area contributed by atoms with Gasteiger partial charge >= 0.3 is 12.4 Å². The molecule has 0 saturated carbocycles. The molecule has 0 saturated heterocycles. The second kappa shape index (κ2) is 7.16. The standard InChI is InChI=1S/C12H13F6NO2.Fe/c1-5(20)10(6(2)21)7-3-8(11(13,14)15)19-9(4-7)12(16,17)18;/h3-6,10,20-21H,1-2H3;. The fourth-order valence-corrected chi connectivity index (χ4v) is 1.99. The zero-order chi connectivity index (χ0) is 16.6. The molecular weight excluding hydrogens is 360 g/mol. The van der Waals surface area contributed by atoms with Gasteiger partial charge in [0.1, 0.15) is 11.4 Å². The van der Waals surface area contributed by atoms with Crippen molar-refractivity contribution in [2.24, 2.45) is 0 Å². The Morgan fingerprint density at radius 2 is 1.18 bits per heavy atom. The van der Waals surface area contributed by atoms with Crippen LogP contribution in [0.4, 0.5) is 26.3 Å². The molecule has 2 N–H and O–H groups in total. The SMILES string of the molecule is CC(O)C(c1cc(C(F)(F)F)nc(C(F)(F)F)c1)C(C)O.[Fe]. The molecule has 128 valence electrons. The van der Waals surface area contributed by atoms with Crippen molar-refractivity contribution in [3.8, 4) is 0 Å². The molecule has 2 unspecified atom stereocenters. The number of nitrogens with zero attached hydrogens (tertiary/aromatic N) is 1. The summed E-state index contributed by atoms with van der Waals surface area (Å²) in [6, 6.07) is 0.804. The van der Waals surface area contributed by atoms with Crippen molar-refractivity contribution in [1.82, 2.24) is 4.98 Å². The number of aliphatic hydroxyl groups excluding tert-OH is 2. The van der Waals surface area contributed by atoms with E-state index in [1.54, 1.807) is 0 Å². The Hall–Kier alpha value is -0.831. The predicted molar refractivity (Wildman–Crippen MR) is 60.3 cm³/mol. The van der Waals surface area contributed by atoms with Gasteiger partial charge in [-0.3, -0.25) is 0 Å². The summed E-state index contributed by atoms with van der Waals surface area (Å²) in [5.74, 6) is -1.30. The van der Waals surface area contributed by atoms with Crippen molar-refractivity contribution >= 4 is 0 Å². The third kappa shape index (κ3) is 5.12. The zero-order valence-corrected chi connectivity index (χ0v) is 12.5. The van der Waals surface area contributed by atoms with Gasteiger partial charge in [-0.25, -0.2) is 4.98 Å². The number of aliphatic hydroxyl groups is 2. The van der Waals surface area contributed by atoms with Crippen LogP contribution in [-0.2, 0) is 29.4 Å². The molecular formula is C12H13F6FeNO2. The Morgan fingerprint density at radius 1 is 0.864 bits per heavy atom. The summed E-state index contributed by atoms with van der Waals surface area (Å²) in [5.41, 5.74) is -3.92. The number of hydrogen-bond donors (Lipinski definition) is 2. The molecule has 0 amide bonds. The van der Waals surface area contributed by atoms with Gasteiger partial charge in [0, 0.05) is 23.0 Å². The van der Waals surface area contributed by atoms with Crippen molar-refractivity contribution in [3.05, 3.63) is 29.1 Å². The van der Waals surface area contributed by atoms with Gasteiger partial charge in [-0.15, -0.1) is 0 Å². The van der Waals surface area contributed by atoms with E-state index in [0.717, 1.165) is 0 Å². The number of hydrogen-bond acceptors (Lipinski definition) is 3. The van der Waals surface area contributed by atoms with Crippen LogP contribution in [-0.4, -0.2) is 27.4 Å². The van der Waals surface area contributed by atoms with Crippen molar-refractivity contribution in [2.45, 2.75) is 44.3 Å². The fraction of sp³-hybridized carbons (Fsp3) is 0.583. The average molecular weight is 373 g/mol. The van der Waals surface area contributed by atoms with Crippen LogP contribution < -0.4 is 0 Å². The number of halogens is 6. The summed E-state index contributed by atoms with van der Waals surface area (Å²) in [4.78, 5) is 2.56. The molecule has 0 aromatic carbocycles. The molecule has 0 aliphatic heterocycles. The predicted octanol–water partition coefficient (Wildman–Crippen LogP) is 2.96. The molecule has 0 bridgehead atoms. The molecule has 22 heavy (non-hydrogen) atoms. The smallest absolute Gasteiger partial charge is 0.393 e. The molecule has 0 aliphatic rings. The second-order valence-corrected chi connectivity index (χ2v) is 4.67. The van der Waals surface area contributed by atoms with E-state index in [0.29, 0.717) is 12.1 Å². The van der Waals surface area contributed by atoms with Crippen LogP contribution in [0.2, 0.25) is 0 Å². The average Bonchev–Trinajstić information content (AvgIpc) is 2.25. The second-order valence-electron chi connectivity index (χ2n) is 4.67. The van der Waals surface area contributed by atoms with Crippen LogP contribution in [0, 0.1) is 0 Å². The molecule has 0 spiro atoms. The van der Waals surface area contributed by atoms with E-state index in [1.165, 1.54) is 13.8 Å². The minimum atomic E-state index is -5.07. The summed E-state index contributed by atoms with van der Waals surface area (Å²) in [6.07, 6.45) is -12.8. The van der Waals surface area contributed by atoms with Gasteiger partial charge in [0.05, 0.1) is 12.2 Å². The zero-order valence-electron chi connectivity index (χ0n) is 11.3. The number of alkyl halides is 6. The normalized spacial score (nSPS) is 16.6. The van der Waals surface area contributed by atoms with Crippen molar-refractivity contribution in [3.63, 3.8) is 0 Å². The first kappa shape index (κ1) is 21.2. The monoisotopic (exact) mass is 373 g/mol. The van der Waals surface area contributed by atoms with Gasteiger partial charge in [-0.1, -0.05) is 0 Å². The van der Waals surface area contributed by atoms with Crippen molar-refractivity contribution in [2.75, 3.05) is 0 Å². The largest absolute Gasteiger partial charge is 0.433 e. The fourth-order valence-electron chi connectivity index (χ4n) is 1.99. The Morgan fingerprint density at radius 3 is 1.41 bits per heavy atom. The summed E-state index contributed by atoms with van der Waals surface area (Å²) < 4.78 is 75.9. The molecule has 1 rings (SSSR count). The first-order valence-electron chi connectivity index (χ1n) is 5.86. The van der Waals surface area contributed by atoms with E-state index < -0.39 is 47.4 Å². The molecule has 3 nitrogen and oxygen atoms in total. The molecule has 1 aromatic heterocycles. The first-order valence-corrected chi connectivity index (χ1v) is 5.86. The van der Waals surface area contributed by atoms with Gasteiger partial charge in [-0.2, -0.15) is 26.3 Å². The van der Waals surface area contributed by atoms with E-state index in [-0.39, 0.29) is 17.1 Å². The maximum atomic E-state index is 12.6. The van der Waals surface area contributed by atoms with Gasteiger partial charge in [0.2, 0.25) is 0 Å². The van der Waals surface area contributed by atoms with Crippen LogP contribution in [0.1, 0.15) is 36.7 Å². The molecule has 1 aromatic rings. The van der Waals surface area contributed by atoms with Gasteiger partial charge in [0.25, 0.3) is 0 Å². The van der Waals surface area contributed by atoms with Crippen LogP contribution in [0.5, 0.6) is 0 Å². The van der Waals surface area contributed by atoms with Gasteiger partial charge in [0.15, 0.2) is 0 Å². The Balaban J connectivity index is 0.00000441. The summed E-state index contributed by atoms with van der Waals surface area (Å²) >= 11 is 0. The molecule has 2 atom stereocenters. The Bertz CT molecular complexity index is 461. The van der Waals surface area contributed by atoms with Crippen LogP contribution in [0.25, 0.3) is 0 Å². The quantitative estimate of drug-likeness (QED) is 0.633. The van der Waals surface area contributed by atoms with Crippen molar-refractivity contribution < 1.29 is 53.6 Å². The third-order valence-electron chi connectivity index (χ3n) is 2.85. The van der Waals surface area contributed by atoms with Gasteiger partial charge in [-0.05, 0) is 31.5 Å². The maximum Gasteiger partial charge on any atom is 0.433 e. The van der Waals surface area contributed by atoms with Crippen LogP contribution >= 0.6 is 0 Å². The molecule has 0 fully saturated rings. The minimum Gasteiger partial charge on any atom is -0.393 e. The first-order chi connectivity index (χ1) is 9.34. The van der Waals surface area contributed by atoms with E-state index in [2.05, 4.69) is 4.98 Å².